The Hall–Kier alpha value is -0.560. The van der Waals surface area contributed by atoms with Crippen molar-refractivity contribution < 1.29 is 8.42 Å². The molecule has 0 heterocycles. The normalized spacial score (nSPS) is 11.7. The zero-order valence-electron chi connectivity index (χ0n) is 11.0. The van der Waals surface area contributed by atoms with E-state index in [4.69, 9.17) is 0 Å². The van der Waals surface area contributed by atoms with Crippen molar-refractivity contribution in [1.29, 1.82) is 0 Å². The zero-order valence-corrected chi connectivity index (χ0v) is 12.6. The maximum absolute atomic E-state index is 12.1. The van der Waals surface area contributed by atoms with Gasteiger partial charge in [-0.3, -0.25) is 0 Å². The van der Waals surface area contributed by atoms with E-state index in [0.717, 1.165) is 16.9 Å². The Kier molecular flexibility index (Phi) is 6.14. The molecule has 0 radical (unpaired) electrons. The summed E-state index contributed by atoms with van der Waals surface area (Å²) in [5, 5.41) is 3.04. The Morgan fingerprint density at radius 1 is 1.33 bits per heavy atom. The van der Waals surface area contributed by atoms with Crippen molar-refractivity contribution in [3.8, 4) is 0 Å². The molecule has 1 aromatic rings. The molecule has 0 aliphatic carbocycles. The minimum absolute atomic E-state index is 0.372. The molecule has 0 aliphatic rings. The van der Waals surface area contributed by atoms with E-state index in [9.17, 15) is 8.42 Å². The largest absolute Gasteiger partial charge is 0.316 e. The molecular formula is C12H20N2O2S2. The average molecular weight is 288 g/mol. The first-order valence-corrected chi connectivity index (χ1v) is 8.62. The molecule has 0 saturated heterocycles. The van der Waals surface area contributed by atoms with E-state index in [1.807, 2.05) is 26.3 Å². The Labute approximate surface area is 114 Å². The summed E-state index contributed by atoms with van der Waals surface area (Å²) in [4.78, 5) is 0.372. The zero-order chi connectivity index (χ0) is 13.6. The van der Waals surface area contributed by atoms with E-state index >= 15 is 0 Å². The van der Waals surface area contributed by atoms with E-state index in [1.54, 1.807) is 23.9 Å². The van der Waals surface area contributed by atoms with Crippen LogP contribution < -0.4 is 10.0 Å². The third-order valence-electron chi connectivity index (χ3n) is 2.65. The van der Waals surface area contributed by atoms with E-state index in [2.05, 4.69) is 10.0 Å². The van der Waals surface area contributed by atoms with E-state index in [-0.39, 0.29) is 0 Å². The lowest BCUT2D eigenvalue weighted by Gasteiger charge is -2.12. The molecule has 0 aliphatic heterocycles. The number of hydrogen-bond donors (Lipinski definition) is 2. The van der Waals surface area contributed by atoms with Gasteiger partial charge in [0, 0.05) is 18.8 Å². The van der Waals surface area contributed by atoms with Crippen molar-refractivity contribution in [2.45, 2.75) is 18.4 Å². The summed E-state index contributed by atoms with van der Waals surface area (Å²) in [6, 6.07) is 5.37. The second kappa shape index (κ2) is 7.13. The molecule has 0 aromatic heterocycles. The molecule has 0 saturated carbocycles. The lowest BCUT2D eigenvalue weighted by Crippen LogP contribution is -2.27. The van der Waals surface area contributed by atoms with Gasteiger partial charge in [0.25, 0.3) is 0 Å². The van der Waals surface area contributed by atoms with Crippen LogP contribution in [0.2, 0.25) is 0 Å². The molecule has 0 spiro atoms. The van der Waals surface area contributed by atoms with Crippen LogP contribution >= 0.6 is 11.8 Å². The monoisotopic (exact) mass is 288 g/mol. The molecule has 0 atom stereocenters. The smallest absolute Gasteiger partial charge is 0.240 e. The van der Waals surface area contributed by atoms with Crippen molar-refractivity contribution in [2.75, 3.05) is 25.6 Å². The van der Waals surface area contributed by atoms with Crippen molar-refractivity contribution in [3.05, 3.63) is 29.3 Å². The summed E-state index contributed by atoms with van der Waals surface area (Å²) < 4.78 is 26.9. The number of thioether (sulfide) groups is 1. The maximum Gasteiger partial charge on any atom is 0.240 e. The highest BCUT2D eigenvalue weighted by Crippen LogP contribution is 2.18. The second-order valence-corrected chi connectivity index (χ2v) is 6.68. The van der Waals surface area contributed by atoms with Gasteiger partial charge in [-0.25, -0.2) is 13.1 Å². The summed E-state index contributed by atoms with van der Waals surface area (Å²) in [5.41, 5.74) is 1.81. The predicted octanol–water partition coefficient (Wildman–Crippen LogP) is 1.36. The third-order valence-corrected chi connectivity index (χ3v) is 4.87. The first kappa shape index (κ1) is 15.5. The fourth-order valence-corrected chi connectivity index (χ4v) is 3.44. The van der Waals surface area contributed by atoms with Crippen LogP contribution in [0.25, 0.3) is 0 Å². The van der Waals surface area contributed by atoms with E-state index in [1.165, 1.54) is 0 Å². The lowest BCUT2D eigenvalue weighted by atomic mass is 10.1. The van der Waals surface area contributed by atoms with E-state index in [0.29, 0.717) is 18.0 Å². The van der Waals surface area contributed by atoms with Gasteiger partial charge in [0.05, 0.1) is 4.90 Å². The summed E-state index contributed by atoms with van der Waals surface area (Å²) in [6.45, 7) is 2.97. The highest BCUT2D eigenvalue weighted by molar-refractivity contribution is 7.98. The fourth-order valence-electron chi connectivity index (χ4n) is 1.69. The minimum Gasteiger partial charge on any atom is -0.316 e. The first-order valence-electron chi connectivity index (χ1n) is 5.74. The second-order valence-electron chi connectivity index (χ2n) is 3.96. The van der Waals surface area contributed by atoms with Gasteiger partial charge in [0.15, 0.2) is 0 Å². The Bertz CT molecular complexity index is 487. The molecule has 0 fully saturated rings. The Morgan fingerprint density at radius 2 is 2.06 bits per heavy atom. The van der Waals surface area contributed by atoms with Crippen molar-refractivity contribution in [2.24, 2.45) is 0 Å². The third kappa shape index (κ3) is 3.98. The van der Waals surface area contributed by atoms with Crippen molar-refractivity contribution in [3.63, 3.8) is 0 Å². The van der Waals surface area contributed by atoms with Crippen LogP contribution in [0.4, 0.5) is 0 Å². The van der Waals surface area contributed by atoms with E-state index < -0.39 is 10.0 Å². The van der Waals surface area contributed by atoms with Gasteiger partial charge >= 0.3 is 0 Å². The molecule has 102 valence electrons. The summed E-state index contributed by atoms with van der Waals surface area (Å²) in [5.74, 6) is 0.772. The first-order chi connectivity index (χ1) is 8.53. The van der Waals surface area contributed by atoms with Crippen LogP contribution in [0.15, 0.2) is 23.1 Å². The van der Waals surface area contributed by atoms with Gasteiger partial charge in [-0.2, -0.15) is 11.8 Å². The standard InChI is InChI=1S/C12H20N2O2S2/c1-10-11(9-13-2)5-4-6-12(10)18(15,16)14-7-8-17-3/h4-6,13-14H,7-9H2,1-3H3. The van der Waals surface area contributed by atoms with Gasteiger partial charge in [-0.1, -0.05) is 12.1 Å². The fraction of sp³-hybridized carbons (Fsp3) is 0.500. The van der Waals surface area contributed by atoms with Gasteiger partial charge in [-0.15, -0.1) is 0 Å². The van der Waals surface area contributed by atoms with Crippen molar-refractivity contribution >= 4 is 21.8 Å². The van der Waals surface area contributed by atoms with Crippen LogP contribution in [-0.4, -0.2) is 34.0 Å². The molecule has 0 unspecified atom stereocenters. The highest BCUT2D eigenvalue weighted by atomic mass is 32.2. The molecule has 6 heteroatoms. The Balaban J connectivity index is 2.98. The predicted molar refractivity (Wildman–Crippen MR) is 77.5 cm³/mol. The molecular weight excluding hydrogens is 268 g/mol. The van der Waals surface area contributed by atoms with Gasteiger partial charge in [-0.05, 0) is 37.4 Å². The van der Waals surface area contributed by atoms with Crippen LogP contribution in [0.1, 0.15) is 11.1 Å². The summed E-state index contributed by atoms with van der Waals surface area (Å²) in [7, 11) is -1.55. The molecule has 0 bridgehead atoms. The molecule has 4 nitrogen and oxygen atoms in total. The highest BCUT2D eigenvalue weighted by Gasteiger charge is 2.17. The van der Waals surface area contributed by atoms with Crippen LogP contribution in [0.3, 0.4) is 0 Å². The SMILES string of the molecule is CNCc1cccc(S(=O)(=O)NCCSC)c1C. The molecule has 2 N–H and O–H groups in total. The maximum atomic E-state index is 12.1. The molecule has 0 amide bonds. The number of sulfonamides is 1. The lowest BCUT2D eigenvalue weighted by molar-refractivity contribution is 0.583. The molecule has 1 aromatic carbocycles. The quantitative estimate of drug-likeness (QED) is 0.744. The minimum atomic E-state index is -3.40. The summed E-state index contributed by atoms with van der Waals surface area (Å²) >= 11 is 1.62. The number of hydrogen-bond acceptors (Lipinski definition) is 4. The van der Waals surface area contributed by atoms with Crippen molar-refractivity contribution in [1.82, 2.24) is 10.0 Å². The average Bonchev–Trinajstić information content (AvgIpc) is 2.32. The number of rotatable bonds is 7. The number of nitrogens with one attached hydrogen (secondary N) is 2. The summed E-state index contributed by atoms with van der Waals surface area (Å²) in [6.07, 6.45) is 1.95. The molecule has 1 rings (SSSR count). The van der Waals surface area contributed by atoms with Gasteiger partial charge in [0.2, 0.25) is 10.0 Å². The topological polar surface area (TPSA) is 58.2 Å². The van der Waals surface area contributed by atoms with Gasteiger partial charge < -0.3 is 5.32 Å². The van der Waals surface area contributed by atoms with Crippen LogP contribution in [0, 0.1) is 6.92 Å². The van der Waals surface area contributed by atoms with Crippen LogP contribution in [0.5, 0.6) is 0 Å². The number of benzene rings is 1. The Morgan fingerprint density at radius 3 is 2.67 bits per heavy atom. The van der Waals surface area contributed by atoms with Gasteiger partial charge in [0.1, 0.15) is 0 Å². The van der Waals surface area contributed by atoms with Crippen LogP contribution in [-0.2, 0) is 16.6 Å². The molecule has 18 heavy (non-hydrogen) atoms.